The number of hydrogen-bond donors (Lipinski definition) is 2. The Kier molecular flexibility index (Phi) is 9.84. The van der Waals surface area contributed by atoms with Crippen LogP contribution >= 0.6 is 0 Å². The second kappa shape index (κ2) is 11.7. The zero-order valence-corrected chi connectivity index (χ0v) is 15.7. The molecule has 0 fully saturated rings. The van der Waals surface area contributed by atoms with Crippen LogP contribution in [0.2, 0.25) is 0 Å². The highest BCUT2D eigenvalue weighted by Gasteiger charge is 2.09. The standard InChI is InChI=1S/C18H32N4O2/c1-6-19-18(20-10-8-9-11-24-7-2)22-13-16-15(4)17(23-5)14(3)12-21-16/h12H,6-11,13H2,1-5H3,(H2,19,20,22). The van der Waals surface area contributed by atoms with Crippen molar-refractivity contribution in [1.29, 1.82) is 0 Å². The summed E-state index contributed by atoms with van der Waals surface area (Å²) in [6.45, 7) is 11.9. The molecule has 0 saturated heterocycles. The zero-order chi connectivity index (χ0) is 17.8. The maximum absolute atomic E-state index is 5.45. The molecule has 0 saturated carbocycles. The number of aliphatic imine (C=N–C) groups is 1. The van der Waals surface area contributed by atoms with Gasteiger partial charge in [0.25, 0.3) is 0 Å². The van der Waals surface area contributed by atoms with Gasteiger partial charge in [0.2, 0.25) is 0 Å². The van der Waals surface area contributed by atoms with Crippen LogP contribution in [0.3, 0.4) is 0 Å². The number of nitrogens with one attached hydrogen (secondary N) is 2. The highest BCUT2D eigenvalue weighted by molar-refractivity contribution is 5.79. The van der Waals surface area contributed by atoms with Crippen molar-refractivity contribution >= 4 is 5.96 Å². The largest absolute Gasteiger partial charge is 0.496 e. The van der Waals surface area contributed by atoms with E-state index < -0.39 is 0 Å². The first-order chi connectivity index (χ1) is 11.6. The third-order valence-corrected chi connectivity index (χ3v) is 3.69. The number of aromatic nitrogens is 1. The van der Waals surface area contributed by atoms with Crippen LogP contribution in [0.15, 0.2) is 11.2 Å². The monoisotopic (exact) mass is 336 g/mol. The number of pyridine rings is 1. The fraction of sp³-hybridized carbons (Fsp3) is 0.667. The van der Waals surface area contributed by atoms with Crippen molar-refractivity contribution < 1.29 is 9.47 Å². The first-order valence-corrected chi connectivity index (χ1v) is 8.72. The van der Waals surface area contributed by atoms with Crippen LogP contribution in [0, 0.1) is 13.8 Å². The lowest BCUT2D eigenvalue weighted by Crippen LogP contribution is -2.37. The Bertz CT molecular complexity index is 518. The van der Waals surface area contributed by atoms with E-state index in [2.05, 4.69) is 27.5 Å². The molecule has 1 rings (SSSR count). The molecule has 0 aromatic carbocycles. The fourth-order valence-corrected chi connectivity index (χ4v) is 2.41. The van der Waals surface area contributed by atoms with Crippen LogP contribution in [-0.2, 0) is 11.3 Å². The third kappa shape index (κ3) is 6.74. The molecule has 1 aromatic rings. The molecule has 2 N–H and O–H groups in total. The van der Waals surface area contributed by atoms with Crippen LogP contribution in [-0.4, -0.2) is 44.4 Å². The number of aryl methyl sites for hydroxylation is 1. The molecular formula is C18H32N4O2. The Morgan fingerprint density at radius 2 is 2.00 bits per heavy atom. The molecule has 1 heterocycles. The predicted octanol–water partition coefficient (Wildman–Crippen LogP) is 2.58. The number of unbranched alkanes of at least 4 members (excludes halogenated alkanes) is 1. The second-order valence-corrected chi connectivity index (χ2v) is 5.57. The van der Waals surface area contributed by atoms with Gasteiger partial charge >= 0.3 is 0 Å². The summed E-state index contributed by atoms with van der Waals surface area (Å²) in [5.41, 5.74) is 3.03. The average Bonchev–Trinajstić information content (AvgIpc) is 2.57. The molecule has 6 nitrogen and oxygen atoms in total. The Morgan fingerprint density at radius 1 is 1.21 bits per heavy atom. The molecule has 24 heavy (non-hydrogen) atoms. The summed E-state index contributed by atoms with van der Waals surface area (Å²) in [6, 6.07) is 0. The molecule has 0 aliphatic carbocycles. The van der Waals surface area contributed by atoms with Gasteiger partial charge in [0.1, 0.15) is 5.75 Å². The smallest absolute Gasteiger partial charge is 0.191 e. The van der Waals surface area contributed by atoms with E-state index in [0.717, 1.165) is 67.7 Å². The molecule has 0 atom stereocenters. The summed E-state index contributed by atoms with van der Waals surface area (Å²) in [7, 11) is 1.69. The molecule has 0 bridgehead atoms. The van der Waals surface area contributed by atoms with Crippen LogP contribution in [0.4, 0.5) is 0 Å². The van der Waals surface area contributed by atoms with Gasteiger partial charge in [0.15, 0.2) is 5.96 Å². The van der Waals surface area contributed by atoms with E-state index in [1.54, 1.807) is 7.11 Å². The van der Waals surface area contributed by atoms with E-state index in [4.69, 9.17) is 9.47 Å². The molecule has 0 unspecified atom stereocenters. The highest BCUT2D eigenvalue weighted by atomic mass is 16.5. The van der Waals surface area contributed by atoms with Crippen LogP contribution < -0.4 is 15.4 Å². The summed E-state index contributed by atoms with van der Waals surface area (Å²) < 4.78 is 10.8. The van der Waals surface area contributed by atoms with E-state index in [0.29, 0.717) is 6.54 Å². The van der Waals surface area contributed by atoms with Crippen molar-refractivity contribution in [2.75, 3.05) is 33.4 Å². The van der Waals surface area contributed by atoms with Gasteiger partial charge < -0.3 is 20.1 Å². The second-order valence-electron chi connectivity index (χ2n) is 5.57. The summed E-state index contributed by atoms with van der Waals surface area (Å²) in [4.78, 5) is 9.12. The van der Waals surface area contributed by atoms with Crippen molar-refractivity contribution in [3.05, 3.63) is 23.0 Å². The molecule has 6 heteroatoms. The topological polar surface area (TPSA) is 67.8 Å². The van der Waals surface area contributed by atoms with E-state index in [1.807, 2.05) is 27.0 Å². The lowest BCUT2D eigenvalue weighted by Gasteiger charge is -2.13. The number of rotatable bonds is 10. The summed E-state index contributed by atoms with van der Waals surface area (Å²) in [6.07, 6.45) is 3.95. The number of guanidine groups is 1. The minimum Gasteiger partial charge on any atom is -0.496 e. The Balaban J connectivity index is 2.59. The predicted molar refractivity (Wildman–Crippen MR) is 98.8 cm³/mol. The van der Waals surface area contributed by atoms with Crippen LogP contribution in [0.25, 0.3) is 0 Å². The molecule has 0 radical (unpaired) electrons. The average molecular weight is 336 g/mol. The van der Waals surface area contributed by atoms with Crippen molar-refractivity contribution in [2.45, 2.75) is 47.1 Å². The fourth-order valence-electron chi connectivity index (χ4n) is 2.41. The van der Waals surface area contributed by atoms with E-state index in [1.165, 1.54) is 0 Å². The third-order valence-electron chi connectivity index (χ3n) is 3.69. The molecule has 0 aliphatic heterocycles. The van der Waals surface area contributed by atoms with Crippen molar-refractivity contribution in [3.63, 3.8) is 0 Å². The minimum absolute atomic E-state index is 0.525. The van der Waals surface area contributed by atoms with E-state index in [-0.39, 0.29) is 0 Å². The minimum atomic E-state index is 0.525. The van der Waals surface area contributed by atoms with Crippen LogP contribution in [0.1, 0.15) is 43.5 Å². The SMILES string of the molecule is CCNC(=NCc1ncc(C)c(OC)c1C)NCCCCOCC. The summed E-state index contributed by atoms with van der Waals surface area (Å²) in [5, 5.41) is 6.61. The lowest BCUT2D eigenvalue weighted by molar-refractivity contribution is 0.143. The zero-order valence-electron chi connectivity index (χ0n) is 15.7. The number of nitrogens with zero attached hydrogens (tertiary/aromatic N) is 2. The van der Waals surface area contributed by atoms with Gasteiger partial charge in [-0.15, -0.1) is 0 Å². The van der Waals surface area contributed by atoms with Gasteiger partial charge in [0.05, 0.1) is 19.3 Å². The van der Waals surface area contributed by atoms with Gasteiger partial charge in [-0.1, -0.05) is 0 Å². The van der Waals surface area contributed by atoms with Gasteiger partial charge in [-0.25, -0.2) is 4.99 Å². The van der Waals surface area contributed by atoms with Crippen molar-refractivity contribution in [3.8, 4) is 5.75 Å². The summed E-state index contributed by atoms with van der Waals surface area (Å²) in [5.74, 6) is 1.71. The molecule has 0 amide bonds. The molecule has 0 aliphatic rings. The Hall–Kier alpha value is -1.82. The Labute approximate surface area is 146 Å². The van der Waals surface area contributed by atoms with Gasteiger partial charge in [-0.05, 0) is 40.5 Å². The lowest BCUT2D eigenvalue weighted by atomic mass is 10.1. The molecule has 1 aromatic heterocycles. The number of methoxy groups -OCH3 is 1. The van der Waals surface area contributed by atoms with Gasteiger partial charge in [0, 0.05) is 43.6 Å². The maximum atomic E-state index is 5.45. The molecular weight excluding hydrogens is 304 g/mol. The van der Waals surface area contributed by atoms with E-state index in [9.17, 15) is 0 Å². The van der Waals surface area contributed by atoms with Gasteiger partial charge in [-0.2, -0.15) is 0 Å². The maximum Gasteiger partial charge on any atom is 0.191 e. The quantitative estimate of drug-likeness (QED) is 0.390. The van der Waals surface area contributed by atoms with Crippen molar-refractivity contribution in [1.82, 2.24) is 15.6 Å². The highest BCUT2D eigenvalue weighted by Crippen LogP contribution is 2.24. The first kappa shape index (κ1) is 20.2. The van der Waals surface area contributed by atoms with Gasteiger partial charge in [-0.3, -0.25) is 4.98 Å². The van der Waals surface area contributed by atoms with Crippen molar-refractivity contribution in [2.24, 2.45) is 4.99 Å². The van der Waals surface area contributed by atoms with E-state index >= 15 is 0 Å². The Morgan fingerprint density at radius 3 is 2.67 bits per heavy atom. The normalized spacial score (nSPS) is 11.5. The molecule has 136 valence electrons. The van der Waals surface area contributed by atoms with Crippen LogP contribution in [0.5, 0.6) is 5.75 Å². The first-order valence-electron chi connectivity index (χ1n) is 8.72. The number of ether oxygens (including phenoxy) is 2. The summed E-state index contributed by atoms with van der Waals surface area (Å²) >= 11 is 0. The molecule has 0 spiro atoms. The number of hydrogen-bond acceptors (Lipinski definition) is 4.